The molecular formula is C28H33N5O. The van der Waals surface area contributed by atoms with Crippen LogP contribution < -0.4 is 0 Å². The fourth-order valence-electron chi connectivity index (χ4n) is 4.39. The van der Waals surface area contributed by atoms with Crippen molar-refractivity contribution in [2.75, 3.05) is 26.2 Å². The third-order valence-corrected chi connectivity index (χ3v) is 6.28. The van der Waals surface area contributed by atoms with Crippen molar-refractivity contribution in [2.24, 2.45) is 4.99 Å². The summed E-state index contributed by atoms with van der Waals surface area (Å²) in [7, 11) is 0. The number of benzene rings is 1. The lowest BCUT2D eigenvalue weighted by atomic mass is 9.93. The van der Waals surface area contributed by atoms with Gasteiger partial charge in [0.25, 0.3) is 0 Å². The molecule has 2 aliphatic rings. The highest BCUT2D eigenvalue weighted by Crippen LogP contribution is 2.30. The van der Waals surface area contributed by atoms with Crippen molar-refractivity contribution in [1.82, 2.24) is 19.6 Å². The number of carbonyl (C=O) groups excluding carboxylic acids is 1. The topological polar surface area (TPSA) is 53.7 Å². The summed E-state index contributed by atoms with van der Waals surface area (Å²) in [5.74, 6) is 1.05. The highest BCUT2D eigenvalue weighted by molar-refractivity contribution is 5.76. The lowest BCUT2D eigenvalue weighted by Gasteiger charge is -2.35. The van der Waals surface area contributed by atoms with Crippen LogP contribution in [-0.2, 0) is 11.3 Å². The number of nitrogens with zero attached hydrogens (tertiary/aromatic N) is 5. The molecule has 0 radical (unpaired) electrons. The van der Waals surface area contributed by atoms with Crippen molar-refractivity contribution in [3.63, 3.8) is 0 Å². The maximum Gasteiger partial charge on any atom is 0.244 e. The van der Waals surface area contributed by atoms with Gasteiger partial charge in [0.05, 0.1) is 5.69 Å². The molecule has 2 aromatic rings. The molecule has 6 nitrogen and oxygen atoms in total. The quantitative estimate of drug-likeness (QED) is 0.564. The third-order valence-electron chi connectivity index (χ3n) is 6.28. The number of aromatic nitrogens is 2. The average Bonchev–Trinajstić information content (AvgIpc) is 3.28. The zero-order valence-corrected chi connectivity index (χ0v) is 20.1. The number of hydrogen-bond donors (Lipinski definition) is 0. The Hall–Kier alpha value is -3.67. The van der Waals surface area contributed by atoms with Gasteiger partial charge in [0, 0.05) is 49.6 Å². The summed E-state index contributed by atoms with van der Waals surface area (Å²) < 4.78 is 1.91. The fraction of sp³-hybridized carbons (Fsp3) is 0.321. The molecule has 176 valence electrons. The van der Waals surface area contributed by atoms with E-state index in [4.69, 9.17) is 5.10 Å². The predicted octanol–water partition coefficient (Wildman–Crippen LogP) is 4.80. The van der Waals surface area contributed by atoms with Crippen molar-refractivity contribution in [1.29, 1.82) is 0 Å². The SMILES string of the molecule is C=C(/N=C\C=C/C)N1CCN(C(=O)Cn2nc(-c3ccccc3)cc2C2C=C(C)C=CC2)CC1. The molecule has 1 unspecified atom stereocenters. The van der Waals surface area contributed by atoms with Gasteiger partial charge in [0.15, 0.2) is 0 Å². The zero-order valence-electron chi connectivity index (χ0n) is 20.1. The molecule has 1 aromatic carbocycles. The van der Waals surface area contributed by atoms with Gasteiger partial charge in [0.2, 0.25) is 5.91 Å². The van der Waals surface area contributed by atoms with Crippen molar-refractivity contribution in [2.45, 2.75) is 32.7 Å². The van der Waals surface area contributed by atoms with Crippen LogP contribution in [0.25, 0.3) is 11.3 Å². The summed E-state index contributed by atoms with van der Waals surface area (Å²) in [5.41, 5.74) is 4.29. The number of rotatable bonds is 7. The number of carbonyl (C=O) groups is 1. The van der Waals surface area contributed by atoms with E-state index in [1.54, 1.807) is 6.21 Å². The van der Waals surface area contributed by atoms with E-state index in [2.05, 4.69) is 59.8 Å². The van der Waals surface area contributed by atoms with Gasteiger partial charge in [-0.3, -0.25) is 9.48 Å². The van der Waals surface area contributed by atoms with Crippen LogP contribution in [0.5, 0.6) is 0 Å². The highest BCUT2D eigenvalue weighted by Gasteiger charge is 2.25. The van der Waals surface area contributed by atoms with Crippen molar-refractivity contribution in [3.8, 4) is 11.3 Å². The maximum atomic E-state index is 13.3. The first-order chi connectivity index (χ1) is 16.5. The van der Waals surface area contributed by atoms with Gasteiger partial charge in [0.1, 0.15) is 12.4 Å². The summed E-state index contributed by atoms with van der Waals surface area (Å²) in [6, 6.07) is 12.3. The average molecular weight is 456 g/mol. The van der Waals surface area contributed by atoms with E-state index in [-0.39, 0.29) is 18.4 Å². The Balaban J connectivity index is 1.47. The van der Waals surface area contributed by atoms with Gasteiger partial charge in [-0.15, -0.1) is 0 Å². The van der Waals surface area contributed by atoms with Gasteiger partial charge in [-0.25, -0.2) is 4.99 Å². The Kier molecular flexibility index (Phi) is 7.58. The Bertz CT molecular complexity index is 1130. The molecule has 0 bridgehead atoms. The zero-order chi connectivity index (χ0) is 23.9. The minimum Gasteiger partial charge on any atom is -0.354 e. The molecule has 1 fully saturated rings. The number of amides is 1. The maximum absolute atomic E-state index is 13.3. The van der Waals surface area contributed by atoms with Crippen LogP contribution in [0.1, 0.15) is 31.9 Å². The van der Waals surface area contributed by atoms with Gasteiger partial charge in [-0.1, -0.05) is 66.8 Å². The summed E-state index contributed by atoms with van der Waals surface area (Å²) in [6.45, 7) is 11.1. The Morgan fingerprint density at radius 1 is 1.18 bits per heavy atom. The minimum absolute atomic E-state index is 0.0960. The normalized spacial score (nSPS) is 18.6. The van der Waals surface area contributed by atoms with Crippen molar-refractivity contribution >= 4 is 12.1 Å². The van der Waals surface area contributed by atoms with Gasteiger partial charge < -0.3 is 9.80 Å². The Morgan fingerprint density at radius 3 is 2.62 bits per heavy atom. The van der Waals surface area contributed by atoms with E-state index < -0.39 is 0 Å². The van der Waals surface area contributed by atoms with E-state index in [9.17, 15) is 4.79 Å². The number of aliphatic imine (C=N–C) groups is 1. The van der Waals surface area contributed by atoms with Crippen LogP contribution in [-0.4, -0.2) is 57.9 Å². The van der Waals surface area contributed by atoms with Crippen LogP contribution in [0.15, 0.2) is 89.7 Å². The van der Waals surface area contributed by atoms with Gasteiger partial charge in [-0.05, 0) is 32.4 Å². The molecule has 6 heteroatoms. The molecule has 1 amide bonds. The van der Waals surface area contributed by atoms with Gasteiger partial charge in [-0.2, -0.15) is 5.10 Å². The number of hydrogen-bond acceptors (Lipinski definition) is 4. The molecule has 0 spiro atoms. The number of allylic oxidation sites excluding steroid dienone is 6. The Morgan fingerprint density at radius 2 is 1.91 bits per heavy atom. The van der Waals surface area contributed by atoms with Crippen molar-refractivity contribution < 1.29 is 4.79 Å². The van der Waals surface area contributed by atoms with Crippen LogP contribution in [0, 0.1) is 0 Å². The second-order valence-electron chi connectivity index (χ2n) is 8.72. The summed E-state index contributed by atoms with van der Waals surface area (Å²) in [4.78, 5) is 21.7. The highest BCUT2D eigenvalue weighted by atomic mass is 16.2. The van der Waals surface area contributed by atoms with Crippen LogP contribution in [0.4, 0.5) is 0 Å². The largest absolute Gasteiger partial charge is 0.354 e. The first-order valence-corrected chi connectivity index (χ1v) is 11.9. The summed E-state index contributed by atoms with van der Waals surface area (Å²) in [5, 5.41) is 4.87. The van der Waals surface area contributed by atoms with E-state index in [0.29, 0.717) is 13.1 Å². The standard InChI is InChI=1S/C28H33N5O/c1-4-5-14-29-23(3)31-15-17-32(18-16-31)28(34)21-33-27(25-13-9-10-22(2)19-25)20-26(30-33)24-11-7-6-8-12-24/h4-12,14,19-20,25H,3,13,15-18,21H2,1-2H3/b5-4-,29-14-. The lowest BCUT2D eigenvalue weighted by molar-refractivity contribution is -0.133. The molecule has 2 heterocycles. The lowest BCUT2D eigenvalue weighted by Crippen LogP contribution is -2.49. The Labute approximate surface area is 202 Å². The van der Waals surface area contributed by atoms with Crippen LogP contribution >= 0.6 is 0 Å². The van der Waals surface area contributed by atoms with E-state index in [0.717, 1.165) is 42.3 Å². The minimum atomic E-state index is 0.0960. The van der Waals surface area contributed by atoms with E-state index in [1.807, 2.05) is 46.9 Å². The first kappa shape index (κ1) is 23.5. The molecule has 1 saturated heterocycles. The monoisotopic (exact) mass is 455 g/mol. The fourth-order valence-corrected chi connectivity index (χ4v) is 4.39. The molecule has 1 atom stereocenters. The molecular weight excluding hydrogens is 422 g/mol. The molecule has 34 heavy (non-hydrogen) atoms. The van der Waals surface area contributed by atoms with E-state index >= 15 is 0 Å². The number of piperazine rings is 1. The van der Waals surface area contributed by atoms with Gasteiger partial charge >= 0.3 is 0 Å². The summed E-state index contributed by atoms with van der Waals surface area (Å²) in [6.07, 6.45) is 13.1. The second-order valence-corrected chi connectivity index (χ2v) is 8.72. The first-order valence-electron chi connectivity index (χ1n) is 11.9. The van der Waals surface area contributed by atoms with Crippen molar-refractivity contribution in [3.05, 3.63) is 90.4 Å². The molecule has 1 aliphatic carbocycles. The second kappa shape index (κ2) is 11.0. The molecule has 4 rings (SSSR count). The predicted molar refractivity (Wildman–Crippen MR) is 139 cm³/mol. The molecule has 1 aliphatic heterocycles. The molecule has 0 N–H and O–H groups in total. The molecule has 1 aromatic heterocycles. The third kappa shape index (κ3) is 5.63. The van der Waals surface area contributed by atoms with E-state index in [1.165, 1.54) is 5.57 Å². The smallest absolute Gasteiger partial charge is 0.244 e. The van der Waals surface area contributed by atoms with Crippen LogP contribution in [0.2, 0.25) is 0 Å². The summed E-state index contributed by atoms with van der Waals surface area (Å²) >= 11 is 0. The van der Waals surface area contributed by atoms with Crippen LogP contribution in [0.3, 0.4) is 0 Å². The molecule has 0 saturated carbocycles.